The van der Waals surface area contributed by atoms with Crippen molar-refractivity contribution in [2.45, 2.75) is 6.54 Å². The van der Waals surface area contributed by atoms with E-state index in [9.17, 15) is 4.39 Å². The predicted octanol–water partition coefficient (Wildman–Crippen LogP) is 4.14. The van der Waals surface area contributed by atoms with E-state index in [1.54, 1.807) is 24.3 Å². The first-order valence-electron chi connectivity index (χ1n) is 6.28. The zero-order chi connectivity index (χ0) is 14.7. The molecule has 0 saturated heterocycles. The van der Waals surface area contributed by atoms with Crippen LogP contribution in [-0.4, -0.2) is 10.2 Å². The second-order valence-electron chi connectivity index (χ2n) is 4.38. The van der Waals surface area contributed by atoms with E-state index in [-0.39, 0.29) is 5.82 Å². The Hall–Kier alpha value is -2.40. The molecule has 3 aromatic rings. The molecule has 0 atom stereocenters. The number of rotatable bonds is 4. The van der Waals surface area contributed by atoms with Gasteiger partial charge in [0.2, 0.25) is 11.8 Å². The van der Waals surface area contributed by atoms with Crippen LogP contribution in [0.15, 0.2) is 52.9 Å². The van der Waals surface area contributed by atoms with Crippen LogP contribution >= 0.6 is 11.6 Å². The Bertz CT molecular complexity index is 760. The van der Waals surface area contributed by atoms with E-state index in [2.05, 4.69) is 15.5 Å². The van der Waals surface area contributed by atoms with Gasteiger partial charge in [-0.2, -0.15) is 0 Å². The molecule has 0 aliphatic heterocycles. The van der Waals surface area contributed by atoms with Crippen molar-refractivity contribution >= 4 is 17.3 Å². The third-order valence-electron chi connectivity index (χ3n) is 2.81. The normalized spacial score (nSPS) is 10.6. The first-order chi connectivity index (χ1) is 10.2. The monoisotopic (exact) mass is 303 g/mol. The van der Waals surface area contributed by atoms with E-state index in [4.69, 9.17) is 16.0 Å². The molecule has 3 rings (SSSR count). The molecule has 6 heteroatoms. The Balaban J connectivity index is 1.71. The number of benzene rings is 2. The van der Waals surface area contributed by atoms with Crippen molar-refractivity contribution in [2.24, 2.45) is 0 Å². The van der Waals surface area contributed by atoms with Crippen LogP contribution in [0.3, 0.4) is 0 Å². The summed E-state index contributed by atoms with van der Waals surface area (Å²) in [7, 11) is 0. The molecular formula is C15H11ClFN3O. The smallest absolute Gasteiger partial charge is 0.247 e. The fourth-order valence-electron chi connectivity index (χ4n) is 1.84. The molecule has 0 amide bonds. The van der Waals surface area contributed by atoms with Gasteiger partial charge in [-0.1, -0.05) is 23.7 Å². The first-order valence-corrected chi connectivity index (χ1v) is 6.66. The van der Waals surface area contributed by atoms with Gasteiger partial charge in [-0.05, 0) is 36.4 Å². The van der Waals surface area contributed by atoms with E-state index in [1.165, 1.54) is 12.1 Å². The van der Waals surface area contributed by atoms with E-state index in [1.807, 2.05) is 12.1 Å². The standard InChI is InChI=1S/C15H11ClFN3O/c16-11-4-1-3-10(7-11)15-20-19-14(21-15)9-18-13-6-2-5-12(17)8-13/h1-8,18H,9H2. The van der Waals surface area contributed by atoms with Gasteiger partial charge in [0, 0.05) is 16.3 Å². The van der Waals surface area contributed by atoms with Crippen molar-refractivity contribution < 1.29 is 8.81 Å². The van der Waals surface area contributed by atoms with E-state index in [0.717, 1.165) is 5.56 Å². The predicted molar refractivity (Wildman–Crippen MR) is 78.5 cm³/mol. The van der Waals surface area contributed by atoms with Crippen LogP contribution in [0.1, 0.15) is 5.89 Å². The van der Waals surface area contributed by atoms with Gasteiger partial charge in [-0.25, -0.2) is 4.39 Å². The summed E-state index contributed by atoms with van der Waals surface area (Å²) in [6.07, 6.45) is 0. The van der Waals surface area contributed by atoms with Crippen molar-refractivity contribution in [3.8, 4) is 11.5 Å². The number of nitrogens with one attached hydrogen (secondary N) is 1. The van der Waals surface area contributed by atoms with E-state index < -0.39 is 0 Å². The molecule has 21 heavy (non-hydrogen) atoms. The summed E-state index contributed by atoms with van der Waals surface area (Å²) in [4.78, 5) is 0. The van der Waals surface area contributed by atoms with Crippen LogP contribution in [0.2, 0.25) is 5.02 Å². The van der Waals surface area contributed by atoms with Crippen LogP contribution in [-0.2, 0) is 6.54 Å². The number of anilines is 1. The summed E-state index contributed by atoms with van der Waals surface area (Å²) in [5, 5.41) is 11.5. The fourth-order valence-corrected chi connectivity index (χ4v) is 2.03. The molecule has 0 saturated carbocycles. The third-order valence-corrected chi connectivity index (χ3v) is 3.04. The highest BCUT2D eigenvalue weighted by atomic mass is 35.5. The summed E-state index contributed by atoms with van der Waals surface area (Å²) in [6, 6.07) is 13.3. The van der Waals surface area contributed by atoms with Crippen molar-refractivity contribution in [3.05, 3.63) is 65.3 Å². The lowest BCUT2D eigenvalue weighted by Crippen LogP contribution is -1.99. The van der Waals surface area contributed by atoms with Gasteiger partial charge in [0.15, 0.2) is 0 Å². The SMILES string of the molecule is Fc1cccc(NCc2nnc(-c3cccc(Cl)c3)o2)c1. The van der Waals surface area contributed by atoms with Crippen molar-refractivity contribution in [1.82, 2.24) is 10.2 Å². The minimum atomic E-state index is -0.301. The largest absolute Gasteiger partial charge is 0.419 e. The minimum Gasteiger partial charge on any atom is -0.419 e. The second-order valence-corrected chi connectivity index (χ2v) is 4.81. The summed E-state index contributed by atoms with van der Waals surface area (Å²) in [5.41, 5.74) is 1.41. The van der Waals surface area contributed by atoms with Crippen LogP contribution < -0.4 is 5.32 Å². The number of halogens is 2. The van der Waals surface area contributed by atoms with Gasteiger partial charge < -0.3 is 9.73 Å². The molecule has 1 N–H and O–H groups in total. The fraction of sp³-hybridized carbons (Fsp3) is 0.0667. The minimum absolute atomic E-state index is 0.301. The Morgan fingerprint density at radius 1 is 1.10 bits per heavy atom. The average molecular weight is 304 g/mol. The zero-order valence-corrected chi connectivity index (χ0v) is 11.6. The van der Waals surface area contributed by atoms with Crippen molar-refractivity contribution in [3.63, 3.8) is 0 Å². The molecule has 0 spiro atoms. The summed E-state index contributed by atoms with van der Waals surface area (Å²) < 4.78 is 18.6. The lowest BCUT2D eigenvalue weighted by molar-refractivity contribution is 0.515. The highest BCUT2D eigenvalue weighted by molar-refractivity contribution is 6.30. The van der Waals surface area contributed by atoms with Gasteiger partial charge in [-0.3, -0.25) is 0 Å². The molecular weight excluding hydrogens is 293 g/mol. The van der Waals surface area contributed by atoms with Gasteiger partial charge in [0.25, 0.3) is 0 Å². The molecule has 0 radical (unpaired) electrons. The highest BCUT2D eigenvalue weighted by Gasteiger charge is 2.08. The maximum Gasteiger partial charge on any atom is 0.247 e. The van der Waals surface area contributed by atoms with E-state index in [0.29, 0.717) is 29.0 Å². The molecule has 4 nitrogen and oxygen atoms in total. The molecule has 1 aromatic heterocycles. The maximum atomic E-state index is 13.1. The molecule has 0 unspecified atom stereocenters. The third kappa shape index (κ3) is 3.38. The van der Waals surface area contributed by atoms with Crippen LogP contribution in [0, 0.1) is 5.82 Å². The molecule has 0 fully saturated rings. The molecule has 0 aliphatic carbocycles. The summed E-state index contributed by atoms with van der Waals surface area (Å²) >= 11 is 5.92. The maximum absolute atomic E-state index is 13.1. The molecule has 1 heterocycles. The van der Waals surface area contributed by atoms with Gasteiger partial charge in [-0.15, -0.1) is 10.2 Å². The number of aromatic nitrogens is 2. The van der Waals surface area contributed by atoms with Crippen molar-refractivity contribution in [1.29, 1.82) is 0 Å². The topological polar surface area (TPSA) is 51.0 Å². The number of nitrogens with zero attached hydrogens (tertiary/aromatic N) is 2. The lowest BCUT2D eigenvalue weighted by atomic mass is 10.2. The highest BCUT2D eigenvalue weighted by Crippen LogP contribution is 2.21. The zero-order valence-electron chi connectivity index (χ0n) is 10.9. The van der Waals surface area contributed by atoms with Crippen LogP contribution in [0.5, 0.6) is 0 Å². The molecule has 2 aromatic carbocycles. The molecule has 106 valence electrons. The van der Waals surface area contributed by atoms with E-state index >= 15 is 0 Å². The number of hydrogen-bond donors (Lipinski definition) is 1. The second kappa shape index (κ2) is 5.93. The van der Waals surface area contributed by atoms with Crippen LogP contribution in [0.25, 0.3) is 11.5 Å². The lowest BCUT2D eigenvalue weighted by Gasteiger charge is -2.02. The summed E-state index contributed by atoms with van der Waals surface area (Å²) in [5.74, 6) is 0.507. The Kier molecular flexibility index (Phi) is 3.83. The quantitative estimate of drug-likeness (QED) is 0.787. The average Bonchev–Trinajstić information content (AvgIpc) is 2.94. The Morgan fingerprint density at radius 3 is 2.76 bits per heavy atom. The van der Waals surface area contributed by atoms with Crippen LogP contribution in [0.4, 0.5) is 10.1 Å². The Labute approximate surface area is 125 Å². The van der Waals surface area contributed by atoms with Gasteiger partial charge in [0.05, 0.1) is 6.54 Å². The Morgan fingerprint density at radius 2 is 1.95 bits per heavy atom. The van der Waals surface area contributed by atoms with Gasteiger partial charge >= 0.3 is 0 Å². The number of hydrogen-bond acceptors (Lipinski definition) is 4. The molecule has 0 aliphatic rings. The van der Waals surface area contributed by atoms with Crippen molar-refractivity contribution in [2.75, 3.05) is 5.32 Å². The summed E-state index contributed by atoms with van der Waals surface area (Å²) in [6.45, 7) is 0.316. The van der Waals surface area contributed by atoms with Gasteiger partial charge in [0.1, 0.15) is 5.82 Å². The first kappa shape index (κ1) is 13.6. The molecule has 0 bridgehead atoms.